The van der Waals surface area contributed by atoms with Gasteiger partial charge in [0.2, 0.25) is 17.7 Å². The van der Waals surface area contributed by atoms with Gasteiger partial charge in [-0.15, -0.1) is 0 Å². The smallest absolute Gasteiger partial charge is 0.244 e. The fraction of sp³-hybridized carbons (Fsp3) is 0.476. The van der Waals surface area contributed by atoms with E-state index in [4.69, 9.17) is 5.41 Å². The monoisotopic (exact) mass is 452 g/mol. The number of hydrogen-bond acceptors (Lipinski definition) is 6. The molecule has 0 radical (unpaired) electrons. The highest BCUT2D eigenvalue weighted by atomic mass is 32.2. The molecule has 0 aliphatic heterocycles. The molecule has 0 bridgehead atoms. The van der Waals surface area contributed by atoms with Gasteiger partial charge in [0.25, 0.3) is 0 Å². The molecule has 0 unspecified atom stereocenters. The Balaban J connectivity index is 2.85. The fourth-order valence-electron chi connectivity index (χ4n) is 2.50. The highest BCUT2D eigenvalue weighted by Gasteiger charge is 2.27. The molecular formula is C21H29FN4O4S. The normalized spacial score (nSPS) is 12.5. The molecule has 2 atom stereocenters. The molecule has 0 fully saturated rings. The van der Waals surface area contributed by atoms with Crippen molar-refractivity contribution in [3.8, 4) is 0 Å². The summed E-state index contributed by atoms with van der Waals surface area (Å²) in [7, 11) is 0. The van der Waals surface area contributed by atoms with E-state index in [0.29, 0.717) is 17.5 Å². The van der Waals surface area contributed by atoms with Crippen LogP contribution in [-0.2, 0) is 25.7 Å². The lowest BCUT2D eigenvalue weighted by atomic mass is 10.1. The highest BCUT2D eigenvalue weighted by Crippen LogP contribution is 2.06. The van der Waals surface area contributed by atoms with Crippen LogP contribution in [0.2, 0.25) is 0 Å². The van der Waals surface area contributed by atoms with Gasteiger partial charge in [-0.3, -0.25) is 19.2 Å². The van der Waals surface area contributed by atoms with Crippen LogP contribution >= 0.6 is 11.8 Å². The minimum atomic E-state index is -1.03. The van der Waals surface area contributed by atoms with Crippen molar-refractivity contribution in [1.29, 1.82) is 5.41 Å². The topological polar surface area (TPSA) is 128 Å². The molecule has 1 aromatic rings. The Morgan fingerprint density at radius 2 is 1.65 bits per heavy atom. The summed E-state index contributed by atoms with van der Waals surface area (Å²) in [6.45, 7) is 3.53. The second-order valence-corrected chi connectivity index (χ2v) is 8.14. The quantitative estimate of drug-likeness (QED) is 0.337. The van der Waals surface area contributed by atoms with Crippen LogP contribution in [0.4, 0.5) is 4.39 Å². The molecule has 3 amide bonds. The Kier molecular flexibility index (Phi) is 11.5. The molecule has 0 spiro atoms. The lowest BCUT2D eigenvalue weighted by Crippen LogP contribution is -2.55. The van der Waals surface area contributed by atoms with E-state index in [2.05, 4.69) is 16.0 Å². The van der Waals surface area contributed by atoms with Gasteiger partial charge >= 0.3 is 0 Å². The first-order valence-electron chi connectivity index (χ1n) is 9.83. The highest BCUT2D eigenvalue weighted by molar-refractivity contribution is 7.98. The standard InChI is InChI=1S/C21H29FN4O4S/c1-13(2)19(28)26-18(12-31-3)21(30)25-17(9-8-16(27)10-23)20(29)24-11-14-4-6-15(22)7-5-14/h4-7,10,13,17-18,23H,8-9,11-12H2,1-3H3,(H,24,29)(H,25,30)(H,26,28)/t17-,18-/m0/s1. The van der Waals surface area contributed by atoms with Gasteiger partial charge < -0.3 is 21.4 Å². The third-order valence-electron chi connectivity index (χ3n) is 4.34. The number of thioether (sulfide) groups is 1. The third-order valence-corrected chi connectivity index (χ3v) is 5.01. The first kappa shape index (κ1) is 26.3. The van der Waals surface area contributed by atoms with Crippen LogP contribution in [0.5, 0.6) is 0 Å². The predicted octanol–water partition coefficient (Wildman–Crippen LogP) is 1.43. The molecule has 170 valence electrons. The number of hydrogen-bond donors (Lipinski definition) is 4. The minimum Gasteiger partial charge on any atom is -0.350 e. The van der Waals surface area contributed by atoms with E-state index in [1.54, 1.807) is 20.1 Å². The number of amides is 3. The summed E-state index contributed by atoms with van der Waals surface area (Å²) in [5.74, 6) is -2.20. The molecule has 10 heteroatoms. The molecule has 1 rings (SSSR count). The van der Waals surface area contributed by atoms with Gasteiger partial charge in [-0.2, -0.15) is 11.8 Å². The van der Waals surface area contributed by atoms with Gasteiger partial charge in [0.05, 0.1) is 6.21 Å². The third kappa shape index (κ3) is 9.73. The summed E-state index contributed by atoms with van der Waals surface area (Å²) in [6, 6.07) is 3.73. The van der Waals surface area contributed by atoms with Gasteiger partial charge in [-0.25, -0.2) is 4.39 Å². The zero-order valence-electron chi connectivity index (χ0n) is 17.9. The number of ketones is 1. The van der Waals surface area contributed by atoms with E-state index >= 15 is 0 Å². The molecule has 0 saturated heterocycles. The fourth-order valence-corrected chi connectivity index (χ4v) is 3.07. The molecule has 0 saturated carbocycles. The van der Waals surface area contributed by atoms with Gasteiger partial charge in [0.15, 0.2) is 5.78 Å². The summed E-state index contributed by atoms with van der Waals surface area (Å²) in [4.78, 5) is 48.9. The average molecular weight is 453 g/mol. The number of carbonyl (C=O) groups excluding carboxylic acids is 4. The molecule has 0 heterocycles. The van der Waals surface area contributed by atoms with Crippen molar-refractivity contribution in [2.24, 2.45) is 5.92 Å². The van der Waals surface area contributed by atoms with Crippen LogP contribution in [0.15, 0.2) is 24.3 Å². The van der Waals surface area contributed by atoms with Crippen molar-refractivity contribution in [1.82, 2.24) is 16.0 Å². The Hall–Kier alpha value is -2.75. The SMILES string of the molecule is CSC[C@H](NC(=O)C(C)C)C(=O)N[C@@H](CCC(=O)C=N)C(=O)NCc1ccc(F)cc1. The van der Waals surface area contributed by atoms with Crippen molar-refractivity contribution < 1.29 is 23.6 Å². The summed E-state index contributed by atoms with van der Waals surface area (Å²) in [5, 5.41) is 14.9. The van der Waals surface area contributed by atoms with E-state index in [-0.39, 0.29) is 31.2 Å². The molecule has 0 aliphatic carbocycles. The van der Waals surface area contributed by atoms with Crippen molar-refractivity contribution >= 4 is 41.5 Å². The summed E-state index contributed by atoms with van der Waals surface area (Å²) >= 11 is 1.37. The van der Waals surface area contributed by atoms with Crippen molar-refractivity contribution in [3.63, 3.8) is 0 Å². The summed E-state index contributed by atoms with van der Waals surface area (Å²) < 4.78 is 13.0. The number of rotatable bonds is 13. The Morgan fingerprint density at radius 1 is 1.03 bits per heavy atom. The van der Waals surface area contributed by atoms with E-state index < -0.39 is 35.5 Å². The number of Topliss-reactive ketones (excluding diaryl/α,β-unsaturated/α-hetero) is 1. The van der Waals surface area contributed by atoms with Gasteiger partial charge in [-0.1, -0.05) is 26.0 Å². The van der Waals surface area contributed by atoms with E-state index in [1.807, 2.05) is 0 Å². The number of carbonyl (C=O) groups is 4. The molecule has 0 aromatic heterocycles. The summed E-state index contributed by atoms with van der Waals surface area (Å²) in [5.41, 5.74) is 0.667. The van der Waals surface area contributed by atoms with E-state index in [1.165, 1.54) is 36.0 Å². The number of benzene rings is 1. The largest absolute Gasteiger partial charge is 0.350 e. The van der Waals surface area contributed by atoms with Gasteiger partial charge in [0.1, 0.15) is 17.9 Å². The van der Waals surface area contributed by atoms with Crippen LogP contribution in [0.3, 0.4) is 0 Å². The average Bonchev–Trinajstić information content (AvgIpc) is 2.74. The van der Waals surface area contributed by atoms with Crippen molar-refractivity contribution in [3.05, 3.63) is 35.6 Å². The molecule has 0 aliphatic rings. The van der Waals surface area contributed by atoms with E-state index in [9.17, 15) is 23.6 Å². The molecule has 8 nitrogen and oxygen atoms in total. The van der Waals surface area contributed by atoms with Crippen LogP contribution in [0.25, 0.3) is 0 Å². The van der Waals surface area contributed by atoms with Crippen LogP contribution < -0.4 is 16.0 Å². The first-order chi connectivity index (χ1) is 14.7. The predicted molar refractivity (Wildman–Crippen MR) is 118 cm³/mol. The maximum Gasteiger partial charge on any atom is 0.244 e. The van der Waals surface area contributed by atoms with Crippen molar-refractivity contribution in [2.75, 3.05) is 12.0 Å². The second kappa shape index (κ2) is 13.5. The number of nitrogens with one attached hydrogen (secondary N) is 4. The van der Waals surface area contributed by atoms with E-state index in [0.717, 1.165) is 0 Å². The van der Waals surface area contributed by atoms with Gasteiger partial charge in [-0.05, 0) is 30.4 Å². The maximum absolute atomic E-state index is 13.0. The maximum atomic E-state index is 13.0. The molecule has 1 aromatic carbocycles. The molecule has 4 N–H and O–H groups in total. The van der Waals surface area contributed by atoms with Crippen LogP contribution in [0, 0.1) is 17.1 Å². The first-order valence-corrected chi connectivity index (χ1v) is 11.2. The zero-order valence-corrected chi connectivity index (χ0v) is 18.7. The summed E-state index contributed by atoms with van der Waals surface area (Å²) in [6.07, 6.45) is 2.36. The van der Waals surface area contributed by atoms with Crippen LogP contribution in [-0.4, -0.2) is 53.8 Å². The Morgan fingerprint density at radius 3 is 2.19 bits per heavy atom. The lowest BCUT2D eigenvalue weighted by molar-refractivity contribution is -0.132. The van der Waals surface area contributed by atoms with Crippen molar-refractivity contribution in [2.45, 2.75) is 45.3 Å². The Labute approximate surface area is 185 Å². The van der Waals surface area contributed by atoms with Crippen LogP contribution in [0.1, 0.15) is 32.3 Å². The number of halogens is 1. The van der Waals surface area contributed by atoms with Gasteiger partial charge in [0, 0.05) is 24.6 Å². The Bertz CT molecular complexity index is 786. The lowest BCUT2D eigenvalue weighted by Gasteiger charge is -2.23. The zero-order chi connectivity index (χ0) is 23.4. The molecule has 31 heavy (non-hydrogen) atoms. The second-order valence-electron chi connectivity index (χ2n) is 7.23. The molecular weight excluding hydrogens is 423 g/mol. The minimum absolute atomic E-state index is 0.000675.